The zero-order valence-electron chi connectivity index (χ0n) is 16.7. The molecule has 28 heavy (non-hydrogen) atoms. The summed E-state index contributed by atoms with van der Waals surface area (Å²) in [6.07, 6.45) is 0. The first-order valence-corrected chi connectivity index (χ1v) is 9.83. The number of morpholine rings is 1. The molecule has 2 saturated heterocycles. The van der Waals surface area contributed by atoms with Gasteiger partial charge in [0.15, 0.2) is 0 Å². The Balaban J connectivity index is 1.42. The van der Waals surface area contributed by atoms with Crippen LogP contribution >= 0.6 is 0 Å². The molecule has 2 fully saturated rings. The Morgan fingerprint density at radius 1 is 1.07 bits per heavy atom. The SMILES string of the molecule is COc1ccc(NC(=O)[C@@H](C)N2CCN(CC(=O)N3CCOCC3)CC2)cc1. The molecule has 0 spiro atoms. The fraction of sp³-hybridized carbons (Fsp3) is 0.600. The van der Waals surface area contributed by atoms with Crippen LogP contribution in [-0.2, 0) is 14.3 Å². The second-order valence-corrected chi connectivity index (χ2v) is 7.20. The number of ether oxygens (including phenoxy) is 2. The van der Waals surface area contributed by atoms with Crippen LogP contribution in [0, 0.1) is 0 Å². The average molecular weight is 390 g/mol. The standard InChI is InChI=1S/C20H30N4O4/c1-16(20(26)21-17-3-5-18(27-2)6-4-17)23-9-7-22(8-10-23)15-19(25)24-11-13-28-14-12-24/h3-6,16H,7-15H2,1-2H3,(H,21,26)/t16-/m1/s1. The molecule has 1 aromatic carbocycles. The van der Waals surface area contributed by atoms with Crippen LogP contribution in [0.25, 0.3) is 0 Å². The lowest BCUT2D eigenvalue weighted by Crippen LogP contribution is -2.55. The normalized spacial score (nSPS) is 19.9. The topological polar surface area (TPSA) is 74.4 Å². The number of benzene rings is 1. The lowest BCUT2D eigenvalue weighted by Gasteiger charge is -2.38. The Labute approximate surface area is 166 Å². The summed E-state index contributed by atoms with van der Waals surface area (Å²) in [7, 11) is 1.61. The zero-order valence-corrected chi connectivity index (χ0v) is 16.7. The molecule has 0 aromatic heterocycles. The van der Waals surface area contributed by atoms with Crippen molar-refractivity contribution in [1.82, 2.24) is 14.7 Å². The quantitative estimate of drug-likeness (QED) is 0.763. The molecule has 3 rings (SSSR count). The highest BCUT2D eigenvalue weighted by atomic mass is 16.5. The summed E-state index contributed by atoms with van der Waals surface area (Å²) < 4.78 is 10.4. The van der Waals surface area contributed by atoms with E-state index in [9.17, 15) is 9.59 Å². The van der Waals surface area contributed by atoms with E-state index in [1.54, 1.807) is 7.11 Å². The second kappa shape index (κ2) is 9.86. The third-order valence-corrected chi connectivity index (χ3v) is 5.41. The van der Waals surface area contributed by atoms with E-state index in [1.807, 2.05) is 36.1 Å². The molecular formula is C20H30N4O4. The lowest BCUT2D eigenvalue weighted by atomic mass is 10.2. The third kappa shape index (κ3) is 5.43. The van der Waals surface area contributed by atoms with E-state index in [0.29, 0.717) is 32.8 Å². The molecule has 0 radical (unpaired) electrons. The van der Waals surface area contributed by atoms with Crippen LogP contribution in [0.4, 0.5) is 5.69 Å². The third-order valence-electron chi connectivity index (χ3n) is 5.41. The summed E-state index contributed by atoms with van der Waals surface area (Å²) in [5.74, 6) is 0.902. The van der Waals surface area contributed by atoms with Gasteiger partial charge in [0.2, 0.25) is 11.8 Å². The van der Waals surface area contributed by atoms with Crippen molar-refractivity contribution in [3.63, 3.8) is 0 Å². The number of rotatable bonds is 6. The fourth-order valence-electron chi connectivity index (χ4n) is 3.50. The molecule has 8 heteroatoms. The van der Waals surface area contributed by atoms with Gasteiger partial charge in [0.05, 0.1) is 32.9 Å². The maximum Gasteiger partial charge on any atom is 0.241 e. The zero-order chi connectivity index (χ0) is 19.9. The smallest absolute Gasteiger partial charge is 0.241 e. The van der Waals surface area contributed by atoms with Gasteiger partial charge < -0.3 is 19.7 Å². The number of nitrogens with zero attached hydrogens (tertiary/aromatic N) is 3. The van der Waals surface area contributed by atoms with Crippen LogP contribution < -0.4 is 10.1 Å². The van der Waals surface area contributed by atoms with Crippen molar-refractivity contribution in [2.75, 3.05) is 71.5 Å². The molecule has 1 atom stereocenters. The minimum atomic E-state index is -0.223. The van der Waals surface area contributed by atoms with Crippen molar-refractivity contribution in [2.45, 2.75) is 13.0 Å². The number of amides is 2. The summed E-state index contributed by atoms with van der Waals surface area (Å²) in [5.41, 5.74) is 0.757. The first-order valence-electron chi connectivity index (χ1n) is 9.83. The van der Waals surface area contributed by atoms with E-state index in [2.05, 4.69) is 15.1 Å². The number of anilines is 1. The van der Waals surface area contributed by atoms with Crippen LogP contribution in [-0.4, -0.2) is 98.7 Å². The number of carbonyl (C=O) groups is 2. The van der Waals surface area contributed by atoms with E-state index in [4.69, 9.17) is 9.47 Å². The Morgan fingerprint density at radius 3 is 2.32 bits per heavy atom. The van der Waals surface area contributed by atoms with Crippen molar-refractivity contribution in [3.8, 4) is 5.75 Å². The van der Waals surface area contributed by atoms with E-state index in [-0.39, 0.29) is 17.9 Å². The number of hydrogen-bond acceptors (Lipinski definition) is 6. The number of piperazine rings is 1. The van der Waals surface area contributed by atoms with Crippen LogP contribution in [0.5, 0.6) is 5.75 Å². The Hall–Kier alpha value is -2.16. The highest BCUT2D eigenvalue weighted by molar-refractivity contribution is 5.94. The Kier molecular flexibility index (Phi) is 7.24. The molecule has 154 valence electrons. The van der Waals surface area contributed by atoms with Crippen LogP contribution in [0.15, 0.2) is 24.3 Å². The Morgan fingerprint density at radius 2 is 1.71 bits per heavy atom. The molecule has 8 nitrogen and oxygen atoms in total. The first kappa shape index (κ1) is 20.6. The van der Waals surface area contributed by atoms with Gasteiger partial charge in [-0.25, -0.2) is 0 Å². The second-order valence-electron chi connectivity index (χ2n) is 7.20. The number of hydrogen-bond donors (Lipinski definition) is 1. The van der Waals surface area contributed by atoms with Gasteiger partial charge in [0.25, 0.3) is 0 Å². The van der Waals surface area contributed by atoms with E-state index < -0.39 is 0 Å². The Bertz CT molecular complexity index is 653. The summed E-state index contributed by atoms with van der Waals surface area (Å²) in [6, 6.07) is 7.09. The summed E-state index contributed by atoms with van der Waals surface area (Å²) in [6.45, 7) is 8.10. The molecule has 1 N–H and O–H groups in total. The predicted molar refractivity (Wildman–Crippen MR) is 106 cm³/mol. The minimum Gasteiger partial charge on any atom is -0.497 e. The van der Waals surface area contributed by atoms with Gasteiger partial charge in [-0.05, 0) is 31.2 Å². The molecule has 0 aliphatic carbocycles. The van der Waals surface area contributed by atoms with Crippen molar-refractivity contribution >= 4 is 17.5 Å². The van der Waals surface area contributed by atoms with E-state index in [1.165, 1.54) is 0 Å². The van der Waals surface area contributed by atoms with Gasteiger partial charge >= 0.3 is 0 Å². The van der Waals surface area contributed by atoms with Crippen LogP contribution in [0.2, 0.25) is 0 Å². The molecule has 2 aliphatic heterocycles. The number of carbonyl (C=O) groups excluding carboxylic acids is 2. The van der Waals surface area contributed by atoms with Crippen LogP contribution in [0.3, 0.4) is 0 Å². The van der Waals surface area contributed by atoms with Crippen molar-refractivity contribution in [2.24, 2.45) is 0 Å². The summed E-state index contributed by atoms with van der Waals surface area (Å²) in [5, 5.41) is 2.95. The van der Waals surface area contributed by atoms with Gasteiger partial charge in [-0.3, -0.25) is 19.4 Å². The maximum absolute atomic E-state index is 12.6. The van der Waals surface area contributed by atoms with Crippen molar-refractivity contribution in [3.05, 3.63) is 24.3 Å². The number of nitrogens with one attached hydrogen (secondary N) is 1. The molecule has 2 amide bonds. The summed E-state index contributed by atoms with van der Waals surface area (Å²) in [4.78, 5) is 31.1. The minimum absolute atomic E-state index is 0.0250. The molecule has 1 aromatic rings. The van der Waals surface area contributed by atoms with Gasteiger partial charge in [0.1, 0.15) is 5.75 Å². The molecular weight excluding hydrogens is 360 g/mol. The van der Waals surface area contributed by atoms with E-state index in [0.717, 1.165) is 37.6 Å². The van der Waals surface area contributed by atoms with Gasteiger partial charge in [-0.1, -0.05) is 0 Å². The average Bonchev–Trinajstić information content (AvgIpc) is 2.75. The largest absolute Gasteiger partial charge is 0.497 e. The first-order chi connectivity index (χ1) is 13.6. The molecule has 0 saturated carbocycles. The van der Waals surface area contributed by atoms with Gasteiger partial charge in [-0.15, -0.1) is 0 Å². The lowest BCUT2D eigenvalue weighted by molar-refractivity contribution is -0.137. The predicted octanol–water partition coefficient (Wildman–Crippen LogP) is 0.499. The van der Waals surface area contributed by atoms with Crippen LogP contribution in [0.1, 0.15) is 6.92 Å². The van der Waals surface area contributed by atoms with Crippen molar-refractivity contribution < 1.29 is 19.1 Å². The van der Waals surface area contributed by atoms with Gasteiger partial charge in [-0.2, -0.15) is 0 Å². The molecule has 2 aliphatic rings. The van der Waals surface area contributed by atoms with Crippen molar-refractivity contribution in [1.29, 1.82) is 0 Å². The number of methoxy groups -OCH3 is 1. The van der Waals surface area contributed by atoms with E-state index >= 15 is 0 Å². The maximum atomic E-state index is 12.6. The molecule has 0 bridgehead atoms. The highest BCUT2D eigenvalue weighted by Crippen LogP contribution is 2.16. The molecule has 0 unspecified atom stereocenters. The monoisotopic (exact) mass is 390 g/mol. The highest BCUT2D eigenvalue weighted by Gasteiger charge is 2.27. The summed E-state index contributed by atoms with van der Waals surface area (Å²) >= 11 is 0. The fourth-order valence-corrected chi connectivity index (χ4v) is 3.50. The molecule has 2 heterocycles. The van der Waals surface area contributed by atoms with Gasteiger partial charge in [0, 0.05) is 45.0 Å².